The van der Waals surface area contributed by atoms with E-state index in [0.29, 0.717) is 45.4 Å². The standard InChI is InChI=1S/C30H43N9O8S2/c1-33(2)48(44,45)38-15-11-31-26(38)20-35(21-27-32-12-16-39(27)49(46,47)34(3)4)18-23-5-7-24(8-6-23)19-37-22-30(17-25(37)28(40)41)9-13-36(14-10-30)29(42)43/h5-8,11-12,15-16,25H,9-10,13-14,17-22H2,1-4H3,(H,40,41)(H,42,43)/t25-/m1/s1. The highest BCUT2D eigenvalue weighted by Gasteiger charge is 2.48. The van der Waals surface area contributed by atoms with Crippen molar-refractivity contribution >= 4 is 32.5 Å². The first kappa shape index (κ1) is 36.4. The van der Waals surface area contributed by atoms with E-state index in [1.54, 1.807) is 0 Å². The molecule has 268 valence electrons. The van der Waals surface area contributed by atoms with Crippen molar-refractivity contribution in [3.63, 3.8) is 0 Å². The van der Waals surface area contributed by atoms with E-state index in [-0.39, 0.29) is 36.7 Å². The first-order valence-corrected chi connectivity index (χ1v) is 18.5. The molecule has 1 spiro atoms. The van der Waals surface area contributed by atoms with Crippen molar-refractivity contribution in [2.24, 2.45) is 5.41 Å². The van der Waals surface area contributed by atoms with Gasteiger partial charge in [0.25, 0.3) is 0 Å². The van der Waals surface area contributed by atoms with Gasteiger partial charge in [-0.3, -0.25) is 14.6 Å². The van der Waals surface area contributed by atoms with Gasteiger partial charge in [0.2, 0.25) is 0 Å². The maximum atomic E-state index is 13.0. The van der Waals surface area contributed by atoms with Gasteiger partial charge in [-0.2, -0.15) is 25.4 Å². The van der Waals surface area contributed by atoms with Gasteiger partial charge in [-0.25, -0.2) is 22.7 Å². The second-order valence-electron chi connectivity index (χ2n) is 13.1. The van der Waals surface area contributed by atoms with Gasteiger partial charge in [-0.05, 0) is 35.8 Å². The summed E-state index contributed by atoms with van der Waals surface area (Å²) in [5, 5.41) is 19.4. The summed E-state index contributed by atoms with van der Waals surface area (Å²) in [6, 6.07) is 6.97. The smallest absolute Gasteiger partial charge is 0.407 e. The largest absolute Gasteiger partial charge is 0.480 e. The third kappa shape index (κ3) is 7.81. The van der Waals surface area contributed by atoms with E-state index < -0.39 is 38.5 Å². The van der Waals surface area contributed by atoms with Crippen LogP contribution in [0.3, 0.4) is 0 Å². The quantitative estimate of drug-likeness (QED) is 0.255. The molecule has 0 unspecified atom stereocenters. The minimum Gasteiger partial charge on any atom is -0.480 e. The number of hydrogen-bond donors (Lipinski definition) is 2. The number of amides is 1. The Hall–Kier alpha value is -3.88. The Bertz CT molecular complexity index is 1790. The molecule has 17 nitrogen and oxygen atoms in total. The van der Waals surface area contributed by atoms with Crippen LogP contribution in [0.4, 0.5) is 4.79 Å². The fourth-order valence-electron chi connectivity index (χ4n) is 6.54. The van der Waals surface area contributed by atoms with Crippen LogP contribution in [0.25, 0.3) is 0 Å². The Kier molecular flexibility index (Phi) is 10.5. The molecule has 0 bridgehead atoms. The topological polar surface area (TPSA) is 195 Å². The van der Waals surface area contributed by atoms with Gasteiger partial charge in [0.15, 0.2) is 0 Å². The molecule has 0 aliphatic carbocycles. The molecule has 49 heavy (non-hydrogen) atoms. The Labute approximate surface area is 286 Å². The average Bonchev–Trinajstić information content (AvgIpc) is 3.78. The molecule has 2 aliphatic heterocycles. The Morgan fingerprint density at radius 1 is 0.816 bits per heavy atom. The SMILES string of the molecule is CN(C)S(=O)(=O)n1ccnc1CN(Cc1ccc(CN2CC3(CCN(C(=O)O)CC3)C[C@@H]2C(=O)O)cc1)Cc1nccn1S(=O)(=O)N(C)C. The van der Waals surface area contributed by atoms with Gasteiger partial charge in [-0.1, -0.05) is 24.3 Å². The molecule has 5 rings (SSSR count). The summed E-state index contributed by atoms with van der Waals surface area (Å²) < 4.78 is 56.2. The molecular formula is C30H43N9O8S2. The van der Waals surface area contributed by atoms with Crippen LogP contribution in [0.2, 0.25) is 0 Å². The Balaban J connectivity index is 1.35. The van der Waals surface area contributed by atoms with Crippen molar-refractivity contribution in [1.82, 2.24) is 41.2 Å². The highest BCUT2D eigenvalue weighted by atomic mass is 32.2. The van der Waals surface area contributed by atoms with E-state index in [0.717, 1.165) is 27.7 Å². The van der Waals surface area contributed by atoms with Gasteiger partial charge in [-0.15, -0.1) is 0 Å². The molecule has 2 aliphatic rings. The van der Waals surface area contributed by atoms with Crippen molar-refractivity contribution in [3.8, 4) is 0 Å². The number of carboxylic acids is 1. The van der Waals surface area contributed by atoms with Crippen molar-refractivity contribution < 1.29 is 36.6 Å². The maximum absolute atomic E-state index is 13.0. The summed E-state index contributed by atoms with van der Waals surface area (Å²) in [6.45, 7) is 2.14. The zero-order valence-corrected chi connectivity index (χ0v) is 29.6. The molecule has 19 heteroatoms. The summed E-state index contributed by atoms with van der Waals surface area (Å²) in [6.07, 6.45) is 6.26. The van der Waals surface area contributed by atoms with Crippen LogP contribution in [0.1, 0.15) is 42.0 Å². The molecule has 2 saturated heterocycles. The van der Waals surface area contributed by atoms with E-state index >= 15 is 0 Å². The van der Waals surface area contributed by atoms with Gasteiger partial charge >= 0.3 is 32.5 Å². The van der Waals surface area contributed by atoms with Crippen molar-refractivity contribution in [1.29, 1.82) is 0 Å². The molecular weight excluding hydrogens is 679 g/mol. The molecule has 2 aromatic heterocycles. The number of piperidine rings is 1. The fraction of sp³-hybridized carbons (Fsp3) is 0.533. The number of carboxylic acid groups (broad SMARTS) is 2. The van der Waals surface area contributed by atoms with E-state index in [2.05, 4.69) is 9.97 Å². The summed E-state index contributed by atoms with van der Waals surface area (Å²) in [5.74, 6) is -0.430. The lowest BCUT2D eigenvalue weighted by Gasteiger charge is -2.38. The van der Waals surface area contributed by atoms with Gasteiger partial charge in [0, 0.05) is 85.7 Å². The van der Waals surface area contributed by atoms with E-state index in [9.17, 15) is 36.6 Å². The number of carbonyl (C=O) groups is 2. The van der Waals surface area contributed by atoms with Crippen molar-refractivity contribution in [3.05, 3.63) is 71.8 Å². The minimum absolute atomic E-state index is 0.0478. The number of rotatable bonds is 13. The Morgan fingerprint density at radius 3 is 1.76 bits per heavy atom. The van der Waals surface area contributed by atoms with E-state index in [4.69, 9.17) is 0 Å². The van der Waals surface area contributed by atoms with Crippen LogP contribution in [0.5, 0.6) is 0 Å². The Morgan fingerprint density at radius 2 is 1.31 bits per heavy atom. The molecule has 2 N–H and O–H groups in total. The first-order chi connectivity index (χ1) is 23.0. The summed E-state index contributed by atoms with van der Waals surface area (Å²) in [5.41, 5.74) is 1.51. The minimum atomic E-state index is -3.87. The summed E-state index contributed by atoms with van der Waals surface area (Å²) in [4.78, 5) is 37.4. The predicted molar refractivity (Wildman–Crippen MR) is 178 cm³/mol. The lowest BCUT2D eigenvalue weighted by molar-refractivity contribution is -0.142. The first-order valence-electron chi connectivity index (χ1n) is 15.7. The van der Waals surface area contributed by atoms with E-state index in [1.165, 1.54) is 57.9 Å². The molecule has 1 aromatic carbocycles. The average molecular weight is 722 g/mol. The van der Waals surface area contributed by atoms with Crippen molar-refractivity contribution in [2.75, 3.05) is 47.8 Å². The van der Waals surface area contributed by atoms with Crippen LogP contribution in [0, 0.1) is 5.41 Å². The molecule has 1 atom stereocenters. The van der Waals surface area contributed by atoms with Gasteiger partial charge in [0.05, 0.1) is 13.1 Å². The second kappa shape index (κ2) is 14.2. The number of benzene rings is 1. The predicted octanol–water partition coefficient (Wildman–Crippen LogP) is 1.01. The van der Waals surface area contributed by atoms with Crippen molar-refractivity contribution in [2.45, 2.75) is 51.5 Å². The maximum Gasteiger partial charge on any atom is 0.407 e. The van der Waals surface area contributed by atoms with Gasteiger partial charge < -0.3 is 15.1 Å². The lowest BCUT2D eigenvalue weighted by Crippen LogP contribution is -2.43. The number of aliphatic carboxylic acids is 1. The van der Waals surface area contributed by atoms with Crippen LogP contribution in [-0.2, 0) is 51.4 Å². The fourth-order valence-corrected chi connectivity index (χ4v) is 8.40. The molecule has 0 saturated carbocycles. The van der Waals surface area contributed by atoms with Crippen LogP contribution < -0.4 is 0 Å². The number of likely N-dealkylation sites (tertiary alicyclic amines) is 2. The number of aromatic nitrogens is 4. The number of hydrogen-bond acceptors (Lipinski definition) is 10. The summed E-state index contributed by atoms with van der Waals surface area (Å²) in [7, 11) is -2.06. The molecule has 3 aromatic rings. The zero-order valence-electron chi connectivity index (χ0n) is 28.0. The lowest BCUT2D eigenvalue weighted by atomic mass is 9.76. The number of nitrogens with zero attached hydrogens (tertiary/aromatic N) is 9. The summed E-state index contributed by atoms with van der Waals surface area (Å²) >= 11 is 0. The molecule has 1 amide bonds. The van der Waals surface area contributed by atoms with Gasteiger partial charge in [0.1, 0.15) is 17.7 Å². The normalized spacial score (nSPS) is 18.7. The molecule has 0 radical (unpaired) electrons. The van der Waals surface area contributed by atoms with E-state index in [1.807, 2.05) is 34.1 Å². The highest BCUT2D eigenvalue weighted by Crippen LogP contribution is 2.44. The molecule has 4 heterocycles. The number of imidazole rings is 2. The zero-order chi connectivity index (χ0) is 35.7. The monoisotopic (exact) mass is 721 g/mol. The van der Waals surface area contributed by atoms with Crippen LogP contribution >= 0.6 is 0 Å². The molecule has 2 fully saturated rings. The third-order valence-electron chi connectivity index (χ3n) is 9.31. The van der Waals surface area contributed by atoms with Crippen LogP contribution in [-0.4, -0.2) is 134 Å². The third-order valence-corrected chi connectivity index (χ3v) is 12.8. The van der Waals surface area contributed by atoms with Crippen LogP contribution in [0.15, 0.2) is 49.1 Å². The highest BCUT2D eigenvalue weighted by molar-refractivity contribution is 7.87. The second-order valence-corrected chi connectivity index (χ2v) is 17.1.